The number of hydrogen-bond donors (Lipinski definition) is 2. The summed E-state index contributed by atoms with van der Waals surface area (Å²) in [6.45, 7) is 0.521. The summed E-state index contributed by atoms with van der Waals surface area (Å²) in [4.78, 5) is 0.175. The molecule has 0 aliphatic heterocycles. The van der Waals surface area contributed by atoms with Gasteiger partial charge in [0, 0.05) is 0 Å². The van der Waals surface area contributed by atoms with E-state index < -0.39 is 10.0 Å². The molecule has 0 fully saturated rings. The lowest BCUT2D eigenvalue weighted by Crippen LogP contribution is -2.13. The van der Waals surface area contributed by atoms with Crippen LogP contribution in [0.4, 0.5) is 5.69 Å². The molecule has 0 atom stereocenters. The molecule has 0 saturated carbocycles. The molecule has 2 aromatic rings. The second kappa shape index (κ2) is 6.66. The zero-order valence-corrected chi connectivity index (χ0v) is 13.3. The number of benzene rings is 2. The standard InChI is InChI=1S/C14H14Cl2N2O2S/c15-13-6-3-11(9-14(13)16)18-21(19,20)12-4-1-10(2-5-12)7-8-17/h1-6,9,18H,7-8,17H2. The SMILES string of the molecule is NCCc1ccc(S(=O)(=O)Nc2ccc(Cl)c(Cl)c2)cc1. The summed E-state index contributed by atoms with van der Waals surface area (Å²) in [6, 6.07) is 11.1. The Hall–Kier alpha value is -1.27. The van der Waals surface area contributed by atoms with Crippen LogP contribution in [0, 0.1) is 0 Å². The Morgan fingerprint density at radius 1 is 1.00 bits per heavy atom. The van der Waals surface area contributed by atoms with Gasteiger partial charge in [-0.25, -0.2) is 8.42 Å². The van der Waals surface area contributed by atoms with E-state index in [0.717, 1.165) is 5.56 Å². The van der Waals surface area contributed by atoms with Crippen molar-refractivity contribution in [3.63, 3.8) is 0 Å². The molecule has 3 N–H and O–H groups in total. The van der Waals surface area contributed by atoms with Crippen molar-refractivity contribution < 1.29 is 8.42 Å². The monoisotopic (exact) mass is 344 g/mol. The van der Waals surface area contributed by atoms with Gasteiger partial charge in [-0.15, -0.1) is 0 Å². The molecule has 7 heteroatoms. The molecule has 0 aliphatic rings. The Bertz CT molecular complexity index is 731. The minimum atomic E-state index is -3.66. The van der Waals surface area contributed by atoms with Gasteiger partial charge in [0.05, 0.1) is 20.6 Å². The van der Waals surface area contributed by atoms with Crippen molar-refractivity contribution >= 4 is 38.9 Å². The Labute approximate surface area is 133 Å². The van der Waals surface area contributed by atoms with Gasteiger partial charge in [-0.1, -0.05) is 35.3 Å². The van der Waals surface area contributed by atoms with Gasteiger partial charge in [0.15, 0.2) is 0 Å². The first-order chi connectivity index (χ1) is 9.92. The molecule has 4 nitrogen and oxygen atoms in total. The van der Waals surface area contributed by atoms with Gasteiger partial charge in [-0.3, -0.25) is 4.72 Å². The fraction of sp³-hybridized carbons (Fsp3) is 0.143. The number of halogens is 2. The van der Waals surface area contributed by atoms with Crippen molar-refractivity contribution in [2.24, 2.45) is 5.73 Å². The highest BCUT2D eigenvalue weighted by Gasteiger charge is 2.14. The summed E-state index contributed by atoms with van der Waals surface area (Å²) in [7, 11) is -3.66. The third-order valence-electron chi connectivity index (χ3n) is 2.84. The summed E-state index contributed by atoms with van der Waals surface area (Å²) < 4.78 is 27.0. The predicted octanol–water partition coefficient (Wildman–Crippen LogP) is 3.30. The first-order valence-electron chi connectivity index (χ1n) is 6.19. The minimum absolute atomic E-state index is 0.175. The highest BCUT2D eigenvalue weighted by Crippen LogP contribution is 2.26. The van der Waals surface area contributed by atoms with E-state index >= 15 is 0 Å². The summed E-state index contributed by atoms with van der Waals surface area (Å²) >= 11 is 11.7. The first kappa shape index (κ1) is 16.1. The molecule has 2 rings (SSSR count). The molecule has 2 aromatic carbocycles. The number of nitrogens with one attached hydrogen (secondary N) is 1. The minimum Gasteiger partial charge on any atom is -0.330 e. The van der Waals surface area contributed by atoms with Crippen molar-refractivity contribution in [1.29, 1.82) is 0 Å². The van der Waals surface area contributed by atoms with E-state index in [-0.39, 0.29) is 9.92 Å². The summed E-state index contributed by atoms with van der Waals surface area (Å²) in [5.74, 6) is 0. The van der Waals surface area contributed by atoms with Crippen LogP contribution in [0.15, 0.2) is 47.4 Å². The average Bonchev–Trinajstić information content (AvgIpc) is 2.44. The molecule has 0 radical (unpaired) electrons. The number of anilines is 1. The maximum absolute atomic E-state index is 12.3. The van der Waals surface area contributed by atoms with Gasteiger partial charge >= 0.3 is 0 Å². The maximum atomic E-state index is 12.3. The van der Waals surface area contributed by atoms with Crippen molar-refractivity contribution in [2.75, 3.05) is 11.3 Å². The van der Waals surface area contributed by atoms with Crippen molar-refractivity contribution in [3.05, 3.63) is 58.1 Å². The molecule has 21 heavy (non-hydrogen) atoms. The molecule has 112 valence electrons. The second-order valence-corrected chi connectivity index (χ2v) is 6.91. The molecule has 0 aliphatic carbocycles. The molecule has 0 saturated heterocycles. The highest BCUT2D eigenvalue weighted by atomic mass is 35.5. The molecule has 0 aromatic heterocycles. The lowest BCUT2D eigenvalue weighted by atomic mass is 10.2. The number of sulfonamides is 1. The van der Waals surface area contributed by atoms with Gasteiger partial charge in [0.25, 0.3) is 10.0 Å². The summed E-state index contributed by atoms with van der Waals surface area (Å²) in [5.41, 5.74) is 6.81. The van der Waals surface area contributed by atoms with E-state index in [1.165, 1.54) is 12.1 Å². The lowest BCUT2D eigenvalue weighted by molar-refractivity contribution is 0.601. The smallest absolute Gasteiger partial charge is 0.261 e. The van der Waals surface area contributed by atoms with Crippen LogP contribution in [0.25, 0.3) is 0 Å². The zero-order valence-electron chi connectivity index (χ0n) is 11.0. The molecular formula is C14H14Cl2N2O2S. The maximum Gasteiger partial charge on any atom is 0.261 e. The van der Waals surface area contributed by atoms with Gasteiger partial charge in [-0.2, -0.15) is 0 Å². The predicted molar refractivity (Wildman–Crippen MR) is 86.5 cm³/mol. The van der Waals surface area contributed by atoms with Crippen LogP contribution in [0.3, 0.4) is 0 Å². The van der Waals surface area contributed by atoms with Gasteiger partial charge in [-0.05, 0) is 48.9 Å². The van der Waals surface area contributed by atoms with Gasteiger partial charge < -0.3 is 5.73 Å². The lowest BCUT2D eigenvalue weighted by Gasteiger charge is -2.09. The summed E-state index contributed by atoms with van der Waals surface area (Å²) in [5, 5.41) is 0.654. The Balaban J connectivity index is 2.23. The quantitative estimate of drug-likeness (QED) is 0.873. The molecular weight excluding hydrogens is 331 g/mol. The van der Waals surface area contributed by atoms with Crippen LogP contribution in [0.5, 0.6) is 0 Å². The van der Waals surface area contributed by atoms with Crippen LogP contribution in [-0.4, -0.2) is 15.0 Å². The van der Waals surface area contributed by atoms with E-state index in [1.54, 1.807) is 30.3 Å². The number of hydrogen-bond acceptors (Lipinski definition) is 3. The number of rotatable bonds is 5. The van der Waals surface area contributed by atoms with Crippen molar-refractivity contribution in [1.82, 2.24) is 0 Å². The molecule has 0 unspecified atom stereocenters. The fourth-order valence-electron chi connectivity index (χ4n) is 1.78. The zero-order chi connectivity index (χ0) is 15.5. The molecule has 0 spiro atoms. The van der Waals surface area contributed by atoms with E-state index in [2.05, 4.69) is 4.72 Å². The summed E-state index contributed by atoms with van der Waals surface area (Å²) in [6.07, 6.45) is 0.709. The van der Waals surface area contributed by atoms with Crippen LogP contribution in [0.2, 0.25) is 10.0 Å². The molecule has 0 amide bonds. The normalized spacial score (nSPS) is 11.4. The van der Waals surface area contributed by atoms with Crippen LogP contribution < -0.4 is 10.5 Å². The van der Waals surface area contributed by atoms with E-state index in [9.17, 15) is 8.42 Å². The largest absolute Gasteiger partial charge is 0.330 e. The molecule has 0 heterocycles. The van der Waals surface area contributed by atoms with Crippen molar-refractivity contribution in [3.8, 4) is 0 Å². The average molecular weight is 345 g/mol. The fourth-order valence-corrected chi connectivity index (χ4v) is 3.12. The topological polar surface area (TPSA) is 72.2 Å². The molecule has 0 bridgehead atoms. The van der Waals surface area contributed by atoms with Crippen LogP contribution >= 0.6 is 23.2 Å². The van der Waals surface area contributed by atoms with Crippen LogP contribution in [0.1, 0.15) is 5.56 Å². The van der Waals surface area contributed by atoms with E-state index in [1.807, 2.05) is 0 Å². The third-order valence-corrected chi connectivity index (χ3v) is 4.97. The van der Waals surface area contributed by atoms with Gasteiger partial charge in [0.2, 0.25) is 0 Å². The van der Waals surface area contributed by atoms with Crippen molar-refractivity contribution in [2.45, 2.75) is 11.3 Å². The number of nitrogens with two attached hydrogens (primary N) is 1. The highest BCUT2D eigenvalue weighted by molar-refractivity contribution is 7.92. The second-order valence-electron chi connectivity index (χ2n) is 4.42. The van der Waals surface area contributed by atoms with E-state index in [4.69, 9.17) is 28.9 Å². The Morgan fingerprint density at radius 3 is 2.24 bits per heavy atom. The Kier molecular flexibility index (Phi) is 5.11. The first-order valence-corrected chi connectivity index (χ1v) is 8.43. The Morgan fingerprint density at radius 2 is 1.67 bits per heavy atom. The van der Waals surface area contributed by atoms with Crippen LogP contribution in [-0.2, 0) is 16.4 Å². The van der Waals surface area contributed by atoms with E-state index in [0.29, 0.717) is 23.7 Å². The third kappa shape index (κ3) is 4.11. The van der Waals surface area contributed by atoms with Gasteiger partial charge in [0.1, 0.15) is 0 Å².